The van der Waals surface area contributed by atoms with Crippen molar-refractivity contribution in [1.29, 1.82) is 0 Å². The predicted octanol–water partition coefficient (Wildman–Crippen LogP) is 18.0. The van der Waals surface area contributed by atoms with Crippen LogP contribution in [0, 0.1) is 6.92 Å². The summed E-state index contributed by atoms with van der Waals surface area (Å²) in [5.41, 5.74) is 29.7. The maximum Gasteiger partial charge on any atom is 0.333 e. The van der Waals surface area contributed by atoms with E-state index in [0.717, 1.165) is 30.4 Å². The van der Waals surface area contributed by atoms with Gasteiger partial charge >= 0.3 is 6.85 Å². The van der Waals surface area contributed by atoms with Crippen LogP contribution >= 0.6 is 0 Å². The van der Waals surface area contributed by atoms with E-state index >= 15 is 0 Å². The van der Waals surface area contributed by atoms with Gasteiger partial charge < -0.3 is 14.1 Å². The van der Waals surface area contributed by atoms with Crippen LogP contribution in [0.1, 0.15) is 186 Å². The van der Waals surface area contributed by atoms with E-state index in [1.165, 1.54) is 142 Å². The molecule has 0 radical (unpaired) electrons. The van der Waals surface area contributed by atoms with Gasteiger partial charge in [-0.15, -0.1) is 0 Å². The molecule has 0 bridgehead atoms. The lowest BCUT2D eigenvalue weighted by Crippen LogP contribution is -2.62. The first kappa shape index (κ1) is 46.5. The van der Waals surface area contributed by atoms with Crippen LogP contribution < -0.4 is 20.6 Å². The Hall–Kier alpha value is -6.00. The highest BCUT2D eigenvalue weighted by Crippen LogP contribution is 2.61. The van der Waals surface area contributed by atoms with Gasteiger partial charge in [0.1, 0.15) is 11.2 Å². The molecule has 0 N–H and O–H groups in total. The molecular weight excluding hydrogens is 896 g/mol. The van der Waals surface area contributed by atoms with Gasteiger partial charge in [0, 0.05) is 56.3 Å². The first-order chi connectivity index (χ1) is 34.8. The van der Waals surface area contributed by atoms with Gasteiger partial charge in [0.25, 0.3) is 0 Å². The highest BCUT2D eigenvalue weighted by molar-refractivity contribution is 6.94. The molecule has 4 heteroatoms. The molecule has 4 aliphatic carbocycles. The summed E-state index contributed by atoms with van der Waals surface area (Å²) < 4.78 is 6.96. The summed E-state index contributed by atoms with van der Waals surface area (Å²) in [5.74, 6) is 0. The molecular formula is C70H75BN2O. The van der Waals surface area contributed by atoms with E-state index in [9.17, 15) is 0 Å². The average Bonchev–Trinajstić information content (AvgIpc) is 3.83. The Morgan fingerprint density at radius 2 is 0.946 bits per heavy atom. The zero-order valence-electron chi connectivity index (χ0n) is 47.0. The molecule has 6 aliphatic rings. The number of hydrogen-bond acceptors (Lipinski definition) is 3. The molecule has 2 aliphatic heterocycles. The van der Waals surface area contributed by atoms with Crippen LogP contribution in [-0.4, -0.2) is 6.85 Å². The minimum Gasteiger partial charge on any atom is -0.456 e. The van der Waals surface area contributed by atoms with Gasteiger partial charge in [0.15, 0.2) is 0 Å². The molecule has 0 amide bonds. The van der Waals surface area contributed by atoms with E-state index in [4.69, 9.17) is 4.42 Å². The second kappa shape index (κ2) is 14.5. The Labute approximate surface area is 441 Å². The quantitative estimate of drug-likeness (QED) is 0.161. The summed E-state index contributed by atoms with van der Waals surface area (Å²) >= 11 is 0. The summed E-state index contributed by atoms with van der Waals surface area (Å²) in [6.07, 6.45) is 7.02. The van der Waals surface area contributed by atoms with Crippen LogP contribution in [0.4, 0.5) is 28.4 Å². The number of aryl methyl sites for hydroxylation is 1. The molecule has 74 heavy (non-hydrogen) atoms. The van der Waals surface area contributed by atoms with Crippen LogP contribution in [0.3, 0.4) is 0 Å². The largest absolute Gasteiger partial charge is 0.456 e. The predicted molar refractivity (Wildman–Crippen MR) is 316 cm³/mol. The van der Waals surface area contributed by atoms with Crippen LogP contribution in [0.2, 0.25) is 0 Å². The summed E-state index contributed by atoms with van der Waals surface area (Å²) in [6, 6.07) is 44.0. The second-order valence-corrected chi connectivity index (χ2v) is 28.5. The number of para-hydroxylation sites is 1. The van der Waals surface area contributed by atoms with Gasteiger partial charge in [-0.3, -0.25) is 0 Å². The lowest BCUT2D eigenvalue weighted by molar-refractivity contribution is 0.332. The Kier molecular flexibility index (Phi) is 9.10. The molecule has 3 nitrogen and oxygen atoms in total. The Morgan fingerprint density at radius 1 is 0.405 bits per heavy atom. The molecule has 14 rings (SSSR count). The molecule has 1 aromatic heterocycles. The standard InChI is InChI=1S/C70H75BN2O/c1-40-32-48-51(68(10,11)30-28-65(48,4)5)36-55(40)72-57-39-60-44(42-20-17-19-23-59(42)74-60)35-54(57)71-63-58(72)38-53-61(43-21-16-18-22-46(43)70(53,14)15)62(63)45-34-50-52(69(12,13)31-29-67(50,8)9)37-56(45)73(71)41-24-25-47-49(33-41)66(6,7)27-26-64(47,2)3/h16-25,32-39H,26-31H2,1-15H3. The summed E-state index contributed by atoms with van der Waals surface area (Å²) in [4.78, 5) is 5.56. The molecule has 0 atom stereocenters. The maximum absolute atomic E-state index is 6.96. The number of furan rings is 1. The number of rotatable bonds is 2. The number of nitrogens with zero attached hydrogens (tertiary/aromatic N) is 2. The normalized spacial score (nSPS) is 21.0. The minimum atomic E-state index is -0.234. The minimum absolute atomic E-state index is 0.0154. The molecule has 0 fully saturated rings. The van der Waals surface area contributed by atoms with Crippen molar-refractivity contribution in [2.24, 2.45) is 0 Å². The van der Waals surface area contributed by atoms with Crippen LogP contribution in [0.15, 0.2) is 114 Å². The molecule has 8 aromatic rings. The van der Waals surface area contributed by atoms with E-state index < -0.39 is 0 Å². The van der Waals surface area contributed by atoms with Gasteiger partial charge in [0.05, 0.1) is 0 Å². The number of hydrogen-bond donors (Lipinski definition) is 0. The first-order valence-corrected chi connectivity index (χ1v) is 28.2. The lowest BCUT2D eigenvalue weighted by Gasteiger charge is -2.50. The zero-order valence-corrected chi connectivity index (χ0v) is 47.0. The molecule has 0 saturated carbocycles. The van der Waals surface area contributed by atoms with Crippen molar-refractivity contribution < 1.29 is 4.42 Å². The zero-order chi connectivity index (χ0) is 51.8. The van der Waals surface area contributed by atoms with Gasteiger partial charge in [-0.05, 0) is 198 Å². The van der Waals surface area contributed by atoms with Crippen LogP contribution in [0.5, 0.6) is 0 Å². The van der Waals surface area contributed by atoms with Crippen molar-refractivity contribution in [3.05, 3.63) is 159 Å². The monoisotopic (exact) mass is 971 g/mol. The first-order valence-electron chi connectivity index (χ1n) is 28.2. The average molecular weight is 971 g/mol. The maximum atomic E-state index is 6.96. The molecule has 0 unspecified atom stereocenters. The molecule has 3 heterocycles. The van der Waals surface area contributed by atoms with Crippen molar-refractivity contribution in [3.8, 4) is 22.3 Å². The van der Waals surface area contributed by atoms with Crippen LogP contribution in [0.25, 0.3) is 44.2 Å². The fraction of sp³-hybridized carbons (Fsp3) is 0.400. The molecule has 374 valence electrons. The Balaban J connectivity index is 1.19. The third-order valence-electron chi connectivity index (χ3n) is 20.7. The fourth-order valence-electron chi connectivity index (χ4n) is 15.7. The summed E-state index contributed by atoms with van der Waals surface area (Å²) in [6.45, 7) is 37.0. The lowest BCUT2D eigenvalue weighted by atomic mass is 9.42. The van der Waals surface area contributed by atoms with Crippen molar-refractivity contribution in [2.75, 3.05) is 9.71 Å². The highest BCUT2D eigenvalue weighted by Gasteiger charge is 2.52. The van der Waals surface area contributed by atoms with Crippen LogP contribution in [-0.2, 0) is 37.9 Å². The van der Waals surface area contributed by atoms with Gasteiger partial charge in [-0.25, -0.2) is 0 Å². The topological polar surface area (TPSA) is 19.6 Å². The van der Waals surface area contributed by atoms with Crippen molar-refractivity contribution in [1.82, 2.24) is 0 Å². The van der Waals surface area contributed by atoms with E-state index in [-0.39, 0.29) is 44.8 Å². The second-order valence-electron chi connectivity index (χ2n) is 28.5. The fourth-order valence-corrected chi connectivity index (χ4v) is 15.7. The highest BCUT2D eigenvalue weighted by atomic mass is 16.3. The van der Waals surface area contributed by atoms with Gasteiger partial charge in [-0.1, -0.05) is 158 Å². The smallest absolute Gasteiger partial charge is 0.333 e. The van der Waals surface area contributed by atoms with Crippen molar-refractivity contribution in [3.63, 3.8) is 0 Å². The van der Waals surface area contributed by atoms with Gasteiger partial charge in [-0.2, -0.15) is 0 Å². The third-order valence-corrected chi connectivity index (χ3v) is 20.7. The number of benzene rings is 7. The van der Waals surface area contributed by atoms with E-state index in [1.54, 1.807) is 0 Å². The molecule has 0 spiro atoms. The van der Waals surface area contributed by atoms with E-state index in [2.05, 4.69) is 223 Å². The van der Waals surface area contributed by atoms with Crippen molar-refractivity contribution in [2.45, 2.75) is 180 Å². The summed E-state index contributed by atoms with van der Waals surface area (Å²) in [5, 5.41) is 2.34. The SMILES string of the molecule is Cc1cc2c(cc1N1c3cc4oc5ccccc5c4cc3B3c4c1cc1c(c4-c4cc5c(cc4N3c3ccc4c(c3)C(C)(C)CCC4(C)C)C(C)(C)CCC5(C)C)-c3ccccc3C1(C)C)C(C)(C)CCC2(C)C. The number of anilines is 5. The summed E-state index contributed by atoms with van der Waals surface area (Å²) in [7, 11) is 0. The Morgan fingerprint density at radius 3 is 1.61 bits per heavy atom. The third kappa shape index (κ3) is 6.09. The van der Waals surface area contributed by atoms with E-state index in [1.807, 2.05) is 0 Å². The molecule has 7 aromatic carbocycles. The molecule has 0 saturated heterocycles. The van der Waals surface area contributed by atoms with Gasteiger partial charge in [0.2, 0.25) is 0 Å². The Bertz CT molecular complexity index is 3810. The van der Waals surface area contributed by atoms with Crippen molar-refractivity contribution >= 4 is 68.1 Å². The van der Waals surface area contributed by atoms with E-state index in [0.29, 0.717) is 0 Å². The number of fused-ring (bicyclic) bond motifs is 14.